The Bertz CT molecular complexity index is 1350. The summed E-state index contributed by atoms with van der Waals surface area (Å²) in [4.78, 5) is 26.4. The number of alkyl carbamates (subject to hydrolysis) is 1. The Morgan fingerprint density at radius 1 is 0.886 bits per heavy atom. The van der Waals surface area contributed by atoms with E-state index < -0.39 is 18.1 Å². The normalized spacial score (nSPS) is 13.1. The van der Waals surface area contributed by atoms with Gasteiger partial charge < -0.3 is 15.2 Å². The van der Waals surface area contributed by atoms with E-state index in [0.29, 0.717) is 0 Å². The van der Waals surface area contributed by atoms with Crippen LogP contribution in [-0.4, -0.2) is 29.8 Å². The summed E-state index contributed by atoms with van der Waals surface area (Å²) >= 11 is 5.06. The molecule has 5 nitrogen and oxygen atoms in total. The standard InChI is InChI=1S/C28H22BrNO4S/c29-24-12-6-5-11-22(24)26-14-13-17(35-26)15-25(27(31)32)30-28(33)34-16-23-20-9-3-1-7-18(20)19-8-2-4-10-21(19)23/h1-14,23,25H,15-16H2,(H,30,33)(H,31,32). The van der Waals surface area contributed by atoms with Gasteiger partial charge in [0.1, 0.15) is 12.6 Å². The average molecular weight is 548 g/mol. The molecule has 5 rings (SSSR count). The number of carboxylic acid groups (broad SMARTS) is 1. The molecule has 3 aromatic carbocycles. The lowest BCUT2D eigenvalue weighted by Gasteiger charge is -2.17. The number of carboxylic acids is 1. The highest BCUT2D eigenvalue weighted by molar-refractivity contribution is 9.10. The third-order valence-corrected chi connectivity index (χ3v) is 7.97. The smallest absolute Gasteiger partial charge is 0.407 e. The summed E-state index contributed by atoms with van der Waals surface area (Å²) in [6.07, 6.45) is -0.559. The fourth-order valence-corrected chi connectivity index (χ4v) is 6.20. The second-order valence-corrected chi connectivity index (χ2v) is 10.3. The van der Waals surface area contributed by atoms with Gasteiger partial charge in [-0.05, 0) is 40.5 Å². The molecule has 0 saturated carbocycles. The minimum Gasteiger partial charge on any atom is -0.480 e. The van der Waals surface area contributed by atoms with Gasteiger partial charge in [-0.25, -0.2) is 9.59 Å². The van der Waals surface area contributed by atoms with Crippen LogP contribution in [0, 0.1) is 0 Å². The molecule has 1 amide bonds. The molecule has 0 radical (unpaired) electrons. The van der Waals surface area contributed by atoms with Crippen LogP contribution in [0.25, 0.3) is 21.6 Å². The molecule has 1 aliphatic rings. The molecule has 2 N–H and O–H groups in total. The van der Waals surface area contributed by atoms with Gasteiger partial charge in [0.15, 0.2) is 0 Å². The summed E-state index contributed by atoms with van der Waals surface area (Å²) in [6.45, 7) is 0.136. The molecule has 176 valence electrons. The van der Waals surface area contributed by atoms with Crippen LogP contribution < -0.4 is 5.32 Å². The minimum absolute atomic E-state index is 0.0828. The van der Waals surface area contributed by atoms with Gasteiger partial charge in [0, 0.05) is 32.1 Å². The van der Waals surface area contributed by atoms with Crippen molar-refractivity contribution in [1.29, 1.82) is 0 Å². The Labute approximate surface area is 215 Å². The quantitative estimate of drug-likeness (QED) is 0.269. The van der Waals surface area contributed by atoms with E-state index in [2.05, 4.69) is 33.4 Å². The second kappa shape index (κ2) is 10.1. The van der Waals surface area contributed by atoms with E-state index in [1.807, 2.05) is 72.8 Å². The first-order valence-corrected chi connectivity index (χ1v) is 12.8. The lowest BCUT2D eigenvalue weighted by molar-refractivity contribution is -0.139. The molecular weight excluding hydrogens is 526 g/mol. The third kappa shape index (κ3) is 4.88. The zero-order chi connectivity index (χ0) is 24.4. The highest BCUT2D eigenvalue weighted by Crippen LogP contribution is 2.44. The van der Waals surface area contributed by atoms with E-state index in [4.69, 9.17) is 4.74 Å². The molecule has 1 unspecified atom stereocenters. The number of hydrogen-bond donors (Lipinski definition) is 2. The Morgan fingerprint density at radius 3 is 2.11 bits per heavy atom. The molecule has 1 aliphatic carbocycles. The largest absolute Gasteiger partial charge is 0.480 e. The highest BCUT2D eigenvalue weighted by atomic mass is 79.9. The number of carbonyl (C=O) groups excluding carboxylic acids is 1. The number of ether oxygens (including phenoxy) is 1. The molecule has 4 aromatic rings. The van der Waals surface area contributed by atoms with Gasteiger partial charge in [-0.2, -0.15) is 0 Å². The topological polar surface area (TPSA) is 75.6 Å². The lowest BCUT2D eigenvalue weighted by atomic mass is 9.98. The molecule has 0 bridgehead atoms. The van der Waals surface area contributed by atoms with E-state index >= 15 is 0 Å². The number of aliphatic carboxylic acids is 1. The van der Waals surface area contributed by atoms with E-state index in [1.54, 1.807) is 0 Å². The van der Waals surface area contributed by atoms with Gasteiger partial charge in [-0.3, -0.25) is 0 Å². The summed E-state index contributed by atoms with van der Waals surface area (Å²) in [5, 5.41) is 12.3. The number of benzene rings is 3. The Hall–Kier alpha value is -3.42. The Balaban J connectivity index is 1.25. The first kappa shape index (κ1) is 23.3. The van der Waals surface area contributed by atoms with Crippen LogP contribution in [0.3, 0.4) is 0 Å². The number of rotatable bonds is 7. The first-order chi connectivity index (χ1) is 17.0. The fraction of sp³-hybridized carbons (Fsp3) is 0.143. The molecule has 0 aliphatic heterocycles. The van der Waals surface area contributed by atoms with Gasteiger partial charge in [-0.1, -0.05) is 82.7 Å². The SMILES string of the molecule is O=C(NC(Cc1ccc(-c2ccccc2Br)s1)C(=O)O)OCC1c2ccccc2-c2ccccc21. The fourth-order valence-electron chi connectivity index (χ4n) is 4.48. The first-order valence-electron chi connectivity index (χ1n) is 11.2. The van der Waals surface area contributed by atoms with Gasteiger partial charge in [-0.15, -0.1) is 11.3 Å². The molecular formula is C28H22BrNO4S. The van der Waals surface area contributed by atoms with Crippen molar-refractivity contribution in [2.45, 2.75) is 18.4 Å². The maximum absolute atomic E-state index is 12.6. The van der Waals surface area contributed by atoms with Crippen LogP contribution in [0.15, 0.2) is 89.4 Å². The van der Waals surface area contributed by atoms with Gasteiger partial charge in [0.05, 0.1) is 0 Å². The summed E-state index contributed by atoms with van der Waals surface area (Å²) in [6, 6.07) is 26.8. The van der Waals surface area contributed by atoms with E-state index in [1.165, 1.54) is 11.3 Å². The molecule has 1 atom stereocenters. The van der Waals surface area contributed by atoms with E-state index in [-0.39, 0.29) is 18.9 Å². The predicted octanol–water partition coefficient (Wildman–Crippen LogP) is 6.71. The maximum Gasteiger partial charge on any atom is 0.407 e. The molecule has 35 heavy (non-hydrogen) atoms. The van der Waals surface area contributed by atoms with Crippen molar-refractivity contribution in [2.24, 2.45) is 0 Å². The summed E-state index contributed by atoms with van der Waals surface area (Å²) < 4.78 is 6.50. The van der Waals surface area contributed by atoms with Crippen LogP contribution >= 0.6 is 27.3 Å². The van der Waals surface area contributed by atoms with Crippen molar-refractivity contribution in [2.75, 3.05) is 6.61 Å². The van der Waals surface area contributed by atoms with E-state index in [0.717, 1.165) is 42.0 Å². The third-order valence-electron chi connectivity index (χ3n) is 6.14. The molecule has 0 fully saturated rings. The van der Waals surface area contributed by atoms with Crippen molar-refractivity contribution in [3.8, 4) is 21.6 Å². The van der Waals surface area contributed by atoms with Crippen LogP contribution in [0.4, 0.5) is 4.79 Å². The molecule has 7 heteroatoms. The number of thiophene rings is 1. The number of carbonyl (C=O) groups is 2. The molecule has 1 aromatic heterocycles. The number of amides is 1. The van der Waals surface area contributed by atoms with E-state index in [9.17, 15) is 14.7 Å². The molecule has 0 saturated heterocycles. The monoisotopic (exact) mass is 547 g/mol. The zero-order valence-electron chi connectivity index (χ0n) is 18.6. The van der Waals surface area contributed by atoms with Crippen molar-refractivity contribution < 1.29 is 19.4 Å². The number of halogens is 1. The van der Waals surface area contributed by atoms with Crippen molar-refractivity contribution in [3.63, 3.8) is 0 Å². The summed E-state index contributed by atoms with van der Waals surface area (Å²) in [7, 11) is 0. The lowest BCUT2D eigenvalue weighted by Crippen LogP contribution is -2.42. The van der Waals surface area contributed by atoms with Crippen LogP contribution in [-0.2, 0) is 16.0 Å². The van der Waals surface area contributed by atoms with Crippen molar-refractivity contribution >= 4 is 39.3 Å². The van der Waals surface area contributed by atoms with Gasteiger partial charge in [0.2, 0.25) is 0 Å². The second-order valence-electron chi connectivity index (χ2n) is 8.31. The number of hydrogen-bond acceptors (Lipinski definition) is 4. The summed E-state index contributed by atoms with van der Waals surface area (Å²) in [5.74, 6) is -1.19. The zero-order valence-corrected chi connectivity index (χ0v) is 21.0. The van der Waals surface area contributed by atoms with Crippen molar-refractivity contribution in [1.82, 2.24) is 5.32 Å². The predicted molar refractivity (Wildman–Crippen MR) is 141 cm³/mol. The van der Waals surface area contributed by atoms with Crippen LogP contribution in [0.1, 0.15) is 21.9 Å². The Kier molecular flexibility index (Phi) is 6.70. The van der Waals surface area contributed by atoms with Crippen molar-refractivity contribution in [3.05, 3.63) is 105 Å². The van der Waals surface area contributed by atoms with Gasteiger partial charge in [0.25, 0.3) is 0 Å². The van der Waals surface area contributed by atoms with Crippen LogP contribution in [0.2, 0.25) is 0 Å². The maximum atomic E-state index is 12.6. The minimum atomic E-state index is -1.10. The number of fused-ring (bicyclic) bond motifs is 3. The molecule has 1 heterocycles. The van der Waals surface area contributed by atoms with Gasteiger partial charge >= 0.3 is 12.1 Å². The number of nitrogens with one attached hydrogen (secondary N) is 1. The average Bonchev–Trinajstić information content (AvgIpc) is 3.45. The summed E-state index contributed by atoms with van der Waals surface area (Å²) in [5.41, 5.74) is 5.53. The molecule has 0 spiro atoms. The van der Waals surface area contributed by atoms with Crippen LogP contribution in [0.5, 0.6) is 0 Å². The Morgan fingerprint density at radius 2 is 1.49 bits per heavy atom. The highest BCUT2D eigenvalue weighted by Gasteiger charge is 2.30.